The number of fused-ring (bicyclic) bond motifs is 2. The summed E-state index contributed by atoms with van der Waals surface area (Å²) in [5.41, 5.74) is 6.06. The minimum absolute atomic E-state index is 0.0835. The molecule has 2 aliphatic carbocycles. The van der Waals surface area contributed by atoms with Crippen molar-refractivity contribution in [3.05, 3.63) is 89.2 Å². The molecule has 1 aliphatic heterocycles. The predicted octanol–water partition coefficient (Wildman–Crippen LogP) is 7.64. The molecule has 3 aliphatic rings. The fraction of sp³-hybridized carbons (Fsp3) is 0.429. The van der Waals surface area contributed by atoms with E-state index in [4.69, 9.17) is 9.72 Å². The number of nitrogens with zero attached hydrogens (tertiary/aromatic N) is 4. The van der Waals surface area contributed by atoms with Gasteiger partial charge in [-0.1, -0.05) is 62.4 Å². The number of hydrogen-bond donors (Lipinski definition) is 4. The summed E-state index contributed by atoms with van der Waals surface area (Å²) in [6.45, 7) is 6.43. The number of methoxy groups -OCH3 is 1. The highest BCUT2D eigenvalue weighted by Crippen LogP contribution is 2.56. The standard InChI is InChI=1S/C42H48N8O4S/c1-23(2)36(49-42(53)54-4)41(52)50-18-5-6-33(50)37-44-21-31(47-37)27-11-7-25(8-12-27)26-9-13-28(14-10-26)32-22-45-38(48-32)34-29-15-16-30(20-29)35(34)39(51)46-24(3)40-43-17-19-55-40/h7-14,17,19,21-24,29-30,33-36H,5-6,15-16,18,20H2,1-4H3,(H,44,47)(H,45,48)(H,46,51)(H,49,53)/t24-,29+,30-,33+,34-,35-,36?/m1/s1. The predicted molar refractivity (Wildman–Crippen MR) is 211 cm³/mol. The van der Waals surface area contributed by atoms with E-state index in [0.717, 1.165) is 82.4 Å². The normalized spacial score (nSPS) is 22.9. The van der Waals surface area contributed by atoms with Crippen LogP contribution in [0.1, 0.15) is 87.5 Å². The summed E-state index contributed by atoms with van der Waals surface area (Å²) in [5.74, 6) is 2.40. The zero-order valence-electron chi connectivity index (χ0n) is 31.6. The Morgan fingerprint density at radius 3 is 2.05 bits per heavy atom. The van der Waals surface area contributed by atoms with Gasteiger partial charge >= 0.3 is 6.09 Å². The number of likely N-dealkylation sites (tertiary alicyclic amines) is 1. The van der Waals surface area contributed by atoms with E-state index in [1.165, 1.54) is 7.11 Å². The molecule has 3 amide bonds. The molecule has 4 N–H and O–H groups in total. The molecule has 286 valence electrons. The maximum atomic E-state index is 13.6. The van der Waals surface area contributed by atoms with Crippen LogP contribution in [0.3, 0.4) is 0 Å². The van der Waals surface area contributed by atoms with Crippen LogP contribution in [-0.4, -0.2) is 67.4 Å². The number of hydrogen-bond acceptors (Lipinski definition) is 8. The molecule has 13 heteroatoms. The maximum absolute atomic E-state index is 13.6. The fourth-order valence-electron chi connectivity index (χ4n) is 9.06. The lowest BCUT2D eigenvalue weighted by atomic mass is 9.78. The van der Waals surface area contributed by atoms with E-state index in [2.05, 4.69) is 79.1 Å². The first-order chi connectivity index (χ1) is 26.7. The Kier molecular flexibility index (Phi) is 10.3. The van der Waals surface area contributed by atoms with Crippen molar-refractivity contribution in [2.75, 3.05) is 13.7 Å². The first-order valence-corrected chi connectivity index (χ1v) is 20.2. The van der Waals surface area contributed by atoms with Crippen molar-refractivity contribution in [1.82, 2.24) is 40.5 Å². The second-order valence-electron chi connectivity index (χ2n) is 15.6. The van der Waals surface area contributed by atoms with Crippen LogP contribution in [0.25, 0.3) is 33.6 Å². The molecular weight excluding hydrogens is 713 g/mol. The van der Waals surface area contributed by atoms with Crippen molar-refractivity contribution in [3.63, 3.8) is 0 Å². The number of nitrogens with one attached hydrogen (secondary N) is 4. The summed E-state index contributed by atoms with van der Waals surface area (Å²) in [5, 5.41) is 8.82. The van der Waals surface area contributed by atoms with Crippen molar-refractivity contribution in [3.8, 4) is 33.6 Å². The van der Waals surface area contributed by atoms with Crippen LogP contribution >= 0.6 is 11.3 Å². The van der Waals surface area contributed by atoms with Crippen LogP contribution in [-0.2, 0) is 14.3 Å². The minimum Gasteiger partial charge on any atom is -0.453 e. The van der Waals surface area contributed by atoms with Crippen LogP contribution < -0.4 is 10.6 Å². The van der Waals surface area contributed by atoms with Crippen LogP contribution in [0.2, 0.25) is 0 Å². The zero-order chi connectivity index (χ0) is 38.2. The van der Waals surface area contributed by atoms with E-state index in [-0.39, 0.29) is 41.7 Å². The Morgan fingerprint density at radius 1 is 0.818 bits per heavy atom. The number of aromatic amines is 2. The molecule has 1 saturated heterocycles. The number of carbonyl (C=O) groups is 3. The number of carbonyl (C=O) groups excluding carboxylic acids is 3. The highest BCUT2D eigenvalue weighted by molar-refractivity contribution is 7.09. The highest BCUT2D eigenvalue weighted by Gasteiger charge is 2.52. The summed E-state index contributed by atoms with van der Waals surface area (Å²) < 4.78 is 4.76. The smallest absolute Gasteiger partial charge is 0.407 e. The van der Waals surface area contributed by atoms with E-state index in [0.29, 0.717) is 18.4 Å². The van der Waals surface area contributed by atoms with Gasteiger partial charge in [-0.3, -0.25) is 9.59 Å². The largest absolute Gasteiger partial charge is 0.453 e. The van der Waals surface area contributed by atoms with Crippen LogP contribution in [0, 0.1) is 23.7 Å². The molecule has 0 radical (unpaired) electrons. The quantitative estimate of drug-likeness (QED) is 0.108. The van der Waals surface area contributed by atoms with Gasteiger partial charge in [0.15, 0.2) is 0 Å². The fourth-order valence-corrected chi connectivity index (χ4v) is 9.71. The zero-order valence-corrected chi connectivity index (χ0v) is 32.4. The number of amides is 3. The van der Waals surface area contributed by atoms with Crippen molar-refractivity contribution >= 4 is 29.2 Å². The number of alkyl carbamates (subject to hydrolysis) is 1. The van der Waals surface area contributed by atoms with Gasteiger partial charge in [0.1, 0.15) is 22.7 Å². The van der Waals surface area contributed by atoms with Gasteiger partial charge in [0.2, 0.25) is 11.8 Å². The third-order valence-corrected chi connectivity index (χ3v) is 12.8. The first-order valence-electron chi connectivity index (χ1n) is 19.3. The summed E-state index contributed by atoms with van der Waals surface area (Å²) in [6, 6.07) is 15.9. The lowest BCUT2D eigenvalue weighted by Crippen LogP contribution is -2.51. The monoisotopic (exact) mass is 760 g/mol. The van der Waals surface area contributed by atoms with E-state index in [9.17, 15) is 14.4 Å². The van der Waals surface area contributed by atoms with E-state index >= 15 is 0 Å². The van der Waals surface area contributed by atoms with Crippen LogP contribution in [0.15, 0.2) is 72.5 Å². The molecule has 1 unspecified atom stereocenters. The van der Waals surface area contributed by atoms with Crippen molar-refractivity contribution in [2.45, 2.75) is 76.9 Å². The maximum Gasteiger partial charge on any atom is 0.407 e. The Balaban J connectivity index is 0.923. The molecular formula is C42H48N8O4S. The highest BCUT2D eigenvalue weighted by atomic mass is 32.1. The Hall–Kier alpha value is -5.30. The Morgan fingerprint density at radius 2 is 1.44 bits per heavy atom. The molecule has 55 heavy (non-hydrogen) atoms. The summed E-state index contributed by atoms with van der Waals surface area (Å²) in [6.07, 6.45) is 9.86. The van der Waals surface area contributed by atoms with Gasteiger partial charge in [-0.05, 0) is 79.0 Å². The van der Waals surface area contributed by atoms with E-state index < -0.39 is 12.1 Å². The first kappa shape index (κ1) is 36.7. The number of H-pyrrole nitrogens is 2. The van der Waals surface area contributed by atoms with Crippen LogP contribution in [0.4, 0.5) is 4.79 Å². The number of imidazole rings is 2. The van der Waals surface area contributed by atoms with Crippen LogP contribution in [0.5, 0.6) is 0 Å². The SMILES string of the molecule is COC(=O)NC(C(=O)N1CCC[C@H]1c1ncc(-c2ccc(-c3ccc(-c4cnc([C@@H]5[C@H]6CC[C@H](C6)[C@H]5C(=O)N[C@H](C)c5nccs5)[nH]4)cc3)cc2)[nH]1)C(C)C. The van der Waals surface area contributed by atoms with E-state index in [1.807, 2.05) is 43.4 Å². The molecule has 4 heterocycles. The van der Waals surface area contributed by atoms with Gasteiger partial charge in [0.05, 0.1) is 48.9 Å². The lowest BCUT2D eigenvalue weighted by molar-refractivity contribution is -0.135. The second kappa shape index (κ2) is 15.4. The number of ether oxygens (including phenoxy) is 1. The van der Waals surface area contributed by atoms with Crippen molar-refractivity contribution in [2.24, 2.45) is 23.7 Å². The van der Waals surface area contributed by atoms with Gasteiger partial charge in [0, 0.05) is 24.0 Å². The number of aromatic nitrogens is 5. The van der Waals surface area contributed by atoms with Gasteiger partial charge in [-0.15, -0.1) is 11.3 Å². The molecule has 8 rings (SSSR count). The minimum atomic E-state index is -0.676. The van der Waals surface area contributed by atoms with Gasteiger partial charge in [0.25, 0.3) is 0 Å². The molecule has 2 bridgehead atoms. The molecule has 3 fully saturated rings. The topological polar surface area (TPSA) is 158 Å². The molecule has 12 nitrogen and oxygen atoms in total. The third-order valence-electron chi connectivity index (χ3n) is 11.9. The third kappa shape index (κ3) is 7.29. The molecule has 2 saturated carbocycles. The Bertz CT molecular complexity index is 2130. The lowest BCUT2D eigenvalue weighted by Gasteiger charge is -2.30. The number of thiazole rings is 1. The van der Waals surface area contributed by atoms with Crippen molar-refractivity contribution < 1.29 is 19.1 Å². The molecule has 0 spiro atoms. The summed E-state index contributed by atoms with van der Waals surface area (Å²) in [4.78, 5) is 61.9. The second-order valence-corrected chi connectivity index (χ2v) is 16.5. The average molecular weight is 761 g/mol. The molecule has 3 aromatic heterocycles. The van der Waals surface area contributed by atoms with Gasteiger partial charge in [-0.2, -0.15) is 0 Å². The van der Waals surface area contributed by atoms with E-state index in [1.54, 1.807) is 17.5 Å². The Labute approximate surface area is 324 Å². The summed E-state index contributed by atoms with van der Waals surface area (Å²) in [7, 11) is 1.30. The van der Waals surface area contributed by atoms with Gasteiger partial charge in [-0.25, -0.2) is 19.7 Å². The molecule has 5 aromatic rings. The van der Waals surface area contributed by atoms with Gasteiger partial charge < -0.3 is 30.2 Å². The molecule has 7 atom stereocenters. The number of benzene rings is 2. The number of rotatable bonds is 11. The average Bonchev–Trinajstić information content (AvgIpc) is 4.06. The summed E-state index contributed by atoms with van der Waals surface area (Å²) >= 11 is 1.57. The molecule has 2 aromatic carbocycles. The van der Waals surface area contributed by atoms with Crippen molar-refractivity contribution in [1.29, 1.82) is 0 Å².